The summed E-state index contributed by atoms with van der Waals surface area (Å²) in [5, 5.41) is 9.67. The third kappa shape index (κ3) is 5.95. The molecule has 1 aromatic heterocycles. The number of alkyl halides is 9. The number of rotatable bonds is 4. The Balaban J connectivity index is 2.47. The van der Waals surface area contributed by atoms with Crippen LogP contribution in [0.5, 0.6) is 0 Å². The molecule has 0 aromatic carbocycles. The van der Waals surface area contributed by atoms with E-state index in [2.05, 4.69) is 14.7 Å². The molecular weight excluding hydrogens is 427 g/mol. The van der Waals surface area contributed by atoms with Gasteiger partial charge in [0, 0.05) is 25.5 Å². The van der Waals surface area contributed by atoms with Crippen LogP contribution in [0.15, 0.2) is 17.1 Å². The highest BCUT2D eigenvalue weighted by Crippen LogP contribution is 2.35. The first kappa shape index (κ1) is 23.2. The Morgan fingerprint density at radius 2 is 1.59 bits per heavy atom. The zero-order chi connectivity index (χ0) is 22.2. The second-order valence-electron chi connectivity index (χ2n) is 6.02. The first-order valence-corrected chi connectivity index (χ1v) is 7.80. The van der Waals surface area contributed by atoms with Gasteiger partial charge in [-0.3, -0.25) is 0 Å². The second kappa shape index (κ2) is 7.97. The van der Waals surface area contributed by atoms with Gasteiger partial charge in [-0.25, -0.2) is 9.98 Å². The van der Waals surface area contributed by atoms with Crippen molar-refractivity contribution in [3.63, 3.8) is 0 Å². The molecule has 3 unspecified atom stereocenters. The molecular formula is C15H13F9N2O3. The SMILES string of the molecule is COC(CC1CC(O)OC(c2cc(C(F)(F)F)nc(C(F)(F)F)c2)=N1)C(F)(F)F. The number of hydrogen-bond donors (Lipinski definition) is 1. The van der Waals surface area contributed by atoms with E-state index in [9.17, 15) is 44.6 Å². The molecule has 0 spiro atoms. The van der Waals surface area contributed by atoms with Crippen molar-refractivity contribution < 1.29 is 54.1 Å². The number of halogens is 9. The molecule has 1 aliphatic rings. The predicted molar refractivity (Wildman–Crippen MR) is 77.7 cm³/mol. The molecule has 2 rings (SSSR count). The monoisotopic (exact) mass is 440 g/mol. The minimum atomic E-state index is -5.25. The van der Waals surface area contributed by atoms with Crippen LogP contribution in [0.3, 0.4) is 0 Å². The first-order chi connectivity index (χ1) is 13.1. The van der Waals surface area contributed by atoms with Gasteiger partial charge >= 0.3 is 18.5 Å². The normalized spacial score (nSPS) is 22.1. The van der Waals surface area contributed by atoms with Crippen LogP contribution in [0.25, 0.3) is 0 Å². The standard InChI is InChI=1S/C15H13F9N2O3/c1-28-10(15(22,23)24)4-7-5-11(27)29-12(25-7)6-2-8(13(16,17)18)26-9(3-6)14(19,20)21/h2-3,7,10-11,27H,4-5H2,1H3. The first-order valence-electron chi connectivity index (χ1n) is 7.80. The average Bonchev–Trinajstić information content (AvgIpc) is 2.56. The summed E-state index contributed by atoms with van der Waals surface area (Å²) in [6.45, 7) is 0. The summed E-state index contributed by atoms with van der Waals surface area (Å²) < 4.78 is 125. The summed E-state index contributed by atoms with van der Waals surface area (Å²) in [4.78, 5) is 6.15. The molecule has 0 fully saturated rings. The molecule has 5 nitrogen and oxygen atoms in total. The number of pyridine rings is 1. The Labute approximate surface area is 157 Å². The largest absolute Gasteiger partial charge is 0.448 e. The van der Waals surface area contributed by atoms with Gasteiger partial charge < -0.3 is 14.6 Å². The summed E-state index contributed by atoms with van der Waals surface area (Å²) in [6, 6.07) is -0.946. The van der Waals surface area contributed by atoms with Gasteiger partial charge in [0.25, 0.3) is 0 Å². The molecule has 0 aliphatic carbocycles. The molecule has 1 aliphatic heterocycles. The fourth-order valence-electron chi connectivity index (χ4n) is 2.51. The number of aromatic nitrogens is 1. The fourth-order valence-corrected chi connectivity index (χ4v) is 2.51. The van der Waals surface area contributed by atoms with E-state index in [4.69, 9.17) is 4.74 Å². The van der Waals surface area contributed by atoms with Gasteiger partial charge in [-0.05, 0) is 12.1 Å². The number of aliphatic hydroxyl groups excluding tert-OH is 1. The topological polar surface area (TPSA) is 63.9 Å². The van der Waals surface area contributed by atoms with Gasteiger partial charge in [0.2, 0.25) is 12.2 Å². The minimum Gasteiger partial charge on any atom is -0.448 e. The van der Waals surface area contributed by atoms with Crippen LogP contribution in [0.2, 0.25) is 0 Å². The van der Waals surface area contributed by atoms with Crippen molar-refractivity contribution in [3.05, 3.63) is 29.1 Å². The van der Waals surface area contributed by atoms with Gasteiger partial charge in [0.1, 0.15) is 11.4 Å². The summed E-state index contributed by atoms with van der Waals surface area (Å²) in [6.07, 6.45) is -20.7. The van der Waals surface area contributed by atoms with Crippen LogP contribution in [-0.2, 0) is 21.8 Å². The zero-order valence-electron chi connectivity index (χ0n) is 14.4. The zero-order valence-corrected chi connectivity index (χ0v) is 14.4. The third-order valence-electron chi connectivity index (χ3n) is 3.81. The van der Waals surface area contributed by atoms with Crippen LogP contribution in [-0.4, -0.2) is 47.7 Å². The molecule has 0 radical (unpaired) electrons. The lowest BCUT2D eigenvalue weighted by molar-refractivity contribution is -0.216. The van der Waals surface area contributed by atoms with Crippen molar-refractivity contribution >= 4 is 5.90 Å². The molecule has 164 valence electrons. The number of nitrogens with zero attached hydrogens (tertiary/aromatic N) is 2. The van der Waals surface area contributed by atoms with Crippen molar-refractivity contribution in [2.75, 3.05) is 7.11 Å². The smallest absolute Gasteiger partial charge is 0.433 e. The van der Waals surface area contributed by atoms with E-state index in [1.807, 2.05) is 0 Å². The maximum Gasteiger partial charge on any atom is 0.433 e. The molecule has 29 heavy (non-hydrogen) atoms. The summed E-state index contributed by atoms with van der Waals surface area (Å²) in [5.41, 5.74) is -4.66. The van der Waals surface area contributed by atoms with E-state index < -0.39 is 72.7 Å². The Bertz CT molecular complexity index is 727. The second-order valence-corrected chi connectivity index (χ2v) is 6.02. The highest BCUT2D eigenvalue weighted by atomic mass is 19.4. The van der Waals surface area contributed by atoms with Gasteiger partial charge in [-0.1, -0.05) is 0 Å². The quantitative estimate of drug-likeness (QED) is 0.721. The van der Waals surface area contributed by atoms with E-state index in [1.165, 1.54) is 0 Å². The lowest BCUT2D eigenvalue weighted by atomic mass is 10.0. The van der Waals surface area contributed by atoms with E-state index in [1.54, 1.807) is 0 Å². The average molecular weight is 440 g/mol. The number of ether oxygens (including phenoxy) is 2. The number of aliphatic imine (C=N–C) groups is 1. The van der Waals surface area contributed by atoms with Crippen LogP contribution in [0, 0.1) is 0 Å². The van der Waals surface area contributed by atoms with Crippen LogP contribution >= 0.6 is 0 Å². The predicted octanol–water partition coefficient (Wildman–Crippen LogP) is 3.94. The summed E-state index contributed by atoms with van der Waals surface area (Å²) >= 11 is 0. The highest BCUT2D eigenvalue weighted by Gasteiger charge is 2.43. The molecule has 2 heterocycles. The lowest BCUT2D eigenvalue weighted by Gasteiger charge is -2.28. The van der Waals surface area contributed by atoms with E-state index in [-0.39, 0.29) is 12.1 Å². The Kier molecular flexibility index (Phi) is 6.37. The lowest BCUT2D eigenvalue weighted by Crippen LogP contribution is -2.38. The molecule has 0 bridgehead atoms. The third-order valence-corrected chi connectivity index (χ3v) is 3.81. The van der Waals surface area contributed by atoms with Gasteiger partial charge in [0.15, 0.2) is 6.10 Å². The van der Waals surface area contributed by atoms with Crippen molar-refractivity contribution in [3.8, 4) is 0 Å². The minimum absolute atomic E-state index is 0.195. The fraction of sp³-hybridized carbons (Fsp3) is 0.600. The Morgan fingerprint density at radius 3 is 2.00 bits per heavy atom. The van der Waals surface area contributed by atoms with E-state index in [0.717, 1.165) is 7.11 Å². The Morgan fingerprint density at radius 1 is 1.07 bits per heavy atom. The Hall–Kier alpha value is -2.09. The van der Waals surface area contributed by atoms with Gasteiger partial charge in [-0.2, -0.15) is 39.5 Å². The highest BCUT2D eigenvalue weighted by molar-refractivity contribution is 5.95. The molecule has 0 amide bonds. The van der Waals surface area contributed by atoms with Gasteiger partial charge in [-0.15, -0.1) is 0 Å². The van der Waals surface area contributed by atoms with Gasteiger partial charge in [0.05, 0.1) is 6.04 Å². The molecule has 1 aromatic rings. The molecule has 1 N–H and O–H groups in total. The van der Waals surface area contributed by atoms with Crippen molar-refractivity contribution in [2.45, 2.75) is 49.8 Å². The number of aliphatic hydroxyl groups is 1. The summed E-state index contributed by atoms with van der Waals surface area (Å²) in [7, 11) is 0.770. The number of hydrogen-bond acceptors (Lipinski definition) is 5. The molecule has 0 saturated carbocycles. The van der Waals surface area contributed by atoms with Crippen molar-refractivity contribution in [1.29, 1.82) is 0 Å². The maximum atomic E-state index is 12.9. The van der Waals surface area contributed by atoms with Crippen LogP contribution < -0.4 is 0 Å². The van der Waals surface area contributed by atoms with E-state index in [0.29, 0.717) is 0 Å². The van der Waals surface area contributed by atoms with E-state index >= 15 is 0 Å². The molecule has 0 saturated heterocycles. The summed E-state index contributed by atoms with van der Waals surface area (Å²) in [5.74, 6) is -0.871. The van der Waals surface area contributed by atoms with Crippen molar-refractivity contribution in [2.24, 2.45) is 4.99 Å². The molecule has 14 heteroatoms. The number of methoxy groups -OCH3 is 1. The van der Waals surface area contributed by atoms with Crippen LogP contribution in [0.1, 0.15) is 29.8 Å². The van der Waals surface area contributed by atoms with Crippen LogP contribution in [0.4, 0.5) is 39.5 Å². The molecule has 3 atom stereocenters. The maximum absolute atomic E-state index is 12.9. The van der Waals surface area contributed by atoms with Crippen molar-refractivity contribution in [1.82, 2.24) is 4.98 Å².